The Morgan fingerprint density at radius 2 is 1.85 bits per heavy atom. The summed E-state index contributed by atoms with van der Waals surface area (Å²) in [6.45, 7) is 0. The van der Waals surface area contributed by atoms with Crippen molar-refractivity contribution < 1.29 is 13.2 Å². The molecule has 0 fully saturated rings. The first-order chi connectivity index (χ1) is 9.27. The summed E-state index contributed by atoms with van der Waals surface area (Å²) in [6.07, 6.45) is -2.94. The quantitative estimate of drug-likeness (QED) is 0.630. The lowest BCUT2D eigenvalue weighted by Crippen LogP contribution is -2.07. The van der Waals surface area contributed by atoms with Crippen LogP contribution in [0, 0.1) is 0 Å². The second kappa shape index (κ2) is 5.91. The minimum Gasteiger partial charge on any atom is -0.339 e. The highest BCUT2D eigenvalue weighted by Gasteiger charge is 2.33. The number of anilines is 2. The van der Waals surface area contributed by atoms with Crippen LogP contribution in [0.25, 0.3) is 0 Å². The molecule has 0 aliphatic carbocycles. The van der Waals surface area contributed by atoms with Crippen LogP contribution in [0.4, 0.5) is 24.7 Å². The summed E-state index contributed by atoms with van der Waals surface area (Å²) in [7, 11) is 0. The maximum absolute atomic E-state index is 12.8. The first-order valence-corrected chi connectivity index (χ1v) is 7.18. The van der Waals surface area contributed by atoms with Crippen LogP contribution in [-0.4, -0.2) is 4.98 Å². The van der Waals surface area contributed by atoms with Gasteiger partial charge in [-0.1, -0.05) is 27.5 Å². The molecular formula is C12H6Br2ClF3N2. The number of nitrogens with zero attached hydrogens (tertiary/aromatic N) is 1. The number of hydrogen-bond donors (Lipinski definition) is 1. The van der Waals surface area contributed by atoms with Crippen molar-refractivity contribution in [1.82, 2.24) is 4.98 Å². The molecule has 1 aromatic heterocycles. The van der Waals surface area contributed by atoms with Crippen LogP contribution < -0.4 is 5.32 Å². The van der Waals surface area contributed by atoms with Gasteiger partial charge in [0.05, 0.1) is 10.6 Å². The number of aromatic nitrogens is 1. The lowest BCUT2D eigenvalue weighted by molar-refractivity contribution is -0.138. The normalized spacial score (nSPS) is 11.5. The van der Waals surface area contributed by atoms with Gasteiger partial charge in [0.2, 0.25) is 0 Å². The number of halogens is 6. The molecule has 20 heavy (non-hydrogen) atoms. The molecule has 0 atom stereocenters. The Kier molecular flexibility index (Phi) is 4.61. The maximum Gasteiger partial charge on any atom is 0.417 e. The van der Waals surface area contributed by atoms with Gasteiger partial charge in [0.1, 0.15) is 5.82 Å². The molecule has 0 spiro atoms. The highest BCUT2D eigenvalue weighted by Crippen LogP contribution is 2.37. The third-order valence-electron chi connectivity index (χ3n) is 2.34. The fourth-order valence-corrected chi connectivity index (χ4v) is 2.61. The topological polar surface area (TPSA) is 24.9 Å². The average Bonchev–Trinajstić information content (AvgIpc) is 2.33. The summed E-state index contributed by atoms with van der Waals surface area (Å²) in [5, 5.41) is 3.06. The molecule has 1 heterocycles. The second-order valence-corrected chi connectivity index (χ2v) is 5.98. The van der Waals surface area contributed by atoms with Gasteiger partial charge in [0, 0.05) is 20.8 Å². The van der Waals surface area contributed by atoms with Crippen molar-refractivity contribution in [3.8, 4) is 0 Å². The van der Waals surface area contributed by atoms with Gasteiger partial charge in [0.15, 0.2) is 0 Å². The van der Waals surface area contributed by atoms with Gasteiger partial charge in [-0.25, -0.2) is 4.98 Å². The van der Waals surface area contributed by atoms with E-state index in [0.717, 1.165) is 6.07 Å². The monoisotopic (exact) mass is 428 g/mol. The highest BCUT2D eigenvalue weighted by atomic mass is 79.9. The fourth-order valence-electron chi connectivity index (χ4n) is 1.46. The predicted molar refractivity (Wildman–Crippen MR) is 79.4 cm³/mol. The molecule has 0 unspecified atom stereocenters. The molecular weight excluding hydrogens is 424 g/mol. The highest BCUT2D eigenvalue weighted by molar-refractivity contribution is 9.10. The van der Waals surface area contributed by atoms with E-state index in [1.807, 2.05) is 0 Å². The third-order valence-corrected chi connectivity index (χ3v) is 3.76. The van der Waals surface area contributed by atoms with Gasteiger partial charge in [-0.2, -0.15) is 13.2 Å². The summed E-state index contributed by atoms with van der Waals surface area (Å²) in [4.78, 5) is 4.00. The van der Waals surface area contributed by atoms with Gasteiger partial charge in [-0.05, 0) is 40.2 Å². The Morgan fingerprint density at radius 3 is 2.45 bits per heavy atom. The molecule has 0 bridgehead atoms. The molecule has 0 saturated heterocycles. The Labute approximate surface area is 134 Å². The number of benzene rings is 1. The van der Waals surface area contributed by atoms with E-state index in [0.29, 0.717) is 9.50 Å². The zero-order valence-electron chi connectivity index (χ0n) is 9.60. The zero-order chi connectivity index (χ0) is 14.9. The number of alkyl halides is 3. The number of pyridine rings is 1. The van der Waals surface area contributed by atoms with Crippen molar-refractivity contribution in [2.24, 2.45) is 0 Å². The van der Waals surface area contributed by atoms with E-state index in [2.05, 4.69) is 42.2 Å². The van der Waals surface area contributed by atoms with Gasteiger partial charge < -0.3 is 5.32 Å². The molecule has 0 radical (unpaired) electrons. The van der Waals surface area contributed by atoms with Crippen molar-refractivity contribution in [3.05, 3.63) is 50.0 Å². The number of rotatable bonds is 2. The first kappa shape index (κ1) is 15.6. The molecule has 1 N–H and O–H groups in total. The lowest BCUT2D eigenvalue weighted by atomic mass is 10.2. The minimum atomic E-state index is -4.44. The number of hydrogen-bond acceptors (Lipinski definition) is 2. The molecule has 0 saturated carbocycles. The van der Waals surface area contributed by atoms with E-state index in [1.54, 1.807) is 6.07 Å². The van der Waals surface area contributed by atoms with Crippen molar-refractivity contribution in [3.63, 3.8) is 0 Å². The van der Waals surface area contributed by atoms with Crippen molar-refractivity contribution >= 4 is 55.0 Å². The predicted octanol–water partition coefficient (Wildman–Crippen LogP) is 6.02. The maximum atomic E-state index is 12.8. The second-order valence-electron chi connectivity index (χ2n) is 3.80. The lowest BCUT2D eigenvalue weighted by Gasteiger charge is -2.12. The van der Waals surface area contributed by atoms with Crippen LogP contribution in [0.3, 0.4) is 0 Å². The van der Waals surface area contributed by atoms with Gasteiger partial charge in [0.25, 0.3) is 0 Å². The van der Waals surface area contributed by atoms with Crippen LogP contribution in [0.5, 0.6) is 0 Å². The molecule has 0 aliphatic rings. The molecule has 2 nitrogen and oxygen atoms in total. The molecule has 2 rings (SSSR count). The van der Waals surface area contributed by atoms with Gasteiger partial charge in [-0.15, -0.1) is 0 Å². The Bertz CT molecular complexity index is 647. The van der Waals surface area contributed by atoms with E-state index >= 15 is 0 Å². The van der Waals surface area contributed by atoms with Crippen molar-refractivity contribution in [2.75, 3.05) is 5.32 Å². The van der Waals surface area contributed by atoms with E-state index in [1.165, 1.54) is 18.3 Å². The summed E-state index contributed by atoms with van der Waals surface area (Å²) in [5.74, 6) is 0.283. The summed E-state index contributed by atoms with van der Waals surface area (Å²) >= 11 is 12.0. The van der Waals surface area contributed by atoms with E-state index < -0.39 is 11.7 Å². The molecule has 8 heteroatoms. The SMILES string of the molecule is FC(F)(F)c1cc(Nc2ncc(Br)cc2Cl)ccc1Br. The third kappa shape index (κ3) is 3.65. The van der Waals surface area contributed by atoms with Crippen molar-refractivity contribution in [2.45, 2.75) is 6.18 Å². The number of nitrogens with one attached hydrogen (secondary N) is 1. The Hall–Kier alpha value is -0.790. The van der Waals surface area contributed by atoms with Crippen LogP contribution in [0.15, 0.2) is 39.4 Å². The average molecular weight is 430 g/mol. The van der Waals surface area contributed by atoms with Crippen LogP contribution in [-0.2, 0) is 6.18 Å². The van der Waals surface area contributed by atoms with Gasteiger partial charge >= 0.3 is 6.18 Å². The summed E-state index contributed by atoms with van der Waals surface area (Å²) in [6, 6.07) is 5.40. The fraction of sp³-hybridized carbons (Fsp3) is 0.0833. The van der Waals surface area contributed by atoms with Gasteiger partial charge in [-0.3, -0.25) is 0 Å². The van der Waals surface area contributed by atoms with E-state index in [-0.39, 0.29) is 16.0 Å². The Morgan fingerprint density at radius 1 is 1.15 bits per heavy atom. The Balaban J connectivity index is 2.35. The molecule has 2 aromatic rings. The summed E-state index contributed by atoms with van der Waals surface area (Å²) < 4.78 is 39.0. The van der Waals surface area contributed by atoms with Crippen LogP contribution >= 0.6 is 43.5 Å². The first-order valence-electron chi connectivity index (χ1n) is 5.22. The molecule has 1 aromatic carbocycles. The van der Waals surface area contributed by atoms with Crippen LogP contribution in [0.1, 0.15) is 5.56 Å². The molecule has 106 valence electrons. The van der Waals surface area contributed by atoms with Crippen molar-refractivity contribution in [1.29, 1.82) is 0 Å². The van der Waals surface area contributed by atoms with Crippen LogP contribution in [0.2, 0.25) is 5.02 Å². The minimum absolute atomic E-state index is 0.0228. The standard InChI is InChI=1S/C12H6Br2ClF3N2/c13-6-3-10(15)11(19-5-6)20-7-1-2-9(14)8(4-7)12(16,17)18/h1-5H,(H,19,20). The smallest absolute Gasteiger partial charge is 0.339 e. The largest absolute Gasteiger partial charge is 0.417 e. The molecule has 0 aliphatic heterocycles. The van der Waals surface area contributed by atoms with E-state index in [4.69, 9.17) is 11.6 Å². The molecule has 0 amide bonds. The summed E-state index contributed by atoms with van der Waals surface area (Å²) in [5.41, 5.74) is -0.520. The zero-order valence-corrected chi connectivity index (χ0v) is 13.5. The van der Waals surface area contributed by atoms with E-state index in [9.17, 15) is 13.2 Å².